The lowest BCUT2D eigenvalue weighted by Gasteiger charge is -2.19. The van der Waals surface area contributed by atoms with E-state index in [1.807, 2.05) is 6.92 Å². The molecule has 0 bridgehead atoms. The highest BCUT2D eigenvalue weighted by atomic mass is 16.4. The molecule has 1 heterocycles. The van der Waals surface area contributed by atoms with Gasteiger partial charge < -0.3 is 15.3 Å². The van der Waals surface area contributed by atoms with Crippen molar-refractivity contribution in [3.8, 4) is 0 Å². The first-order valence-electron chi connectivity index (χ1n) is 6.23. The SMILES string of the molecule is CCCN(CC(=O)O)C(=O)CNC(=O)c1ccccn1. The molecule has 0 fully saturated rings. The van der Waals surface area contributed by atoms with E-state index in [1.54, 1.807) is 12.1 Å². The van der Waals surface area contributed by atoms with Crippen LogP contribution in [0.2, 0.25) is 0 Å². The Balaban J connectivity index is 2.52. The fraction of sp³-hybridized carbons (Fsp3) is 0.385. The molecule has 2 N–H and O–H groups in total. The van der Waals surface area contributed by atoms with E-state index in [0.717, 1.165) is 0 Å². The lowest BCUT2D eigenvalue weighted by molar-refractivity contribution is -0.144. The average Bonchev–Trinajstić information content (AvgIpc) is 2.44. The maximum atomic E-state index is 11.8. The maximum Gasteiger partial charge on any atom is 0.323 e. The average molecular weight is 279 g/mol. The molecule has 0 saturated heterocycles. The molecule has 1 rings (SSSR count). The molecule has 0 aliphatic heterocycles. The van der Waals surface area contributed by atoms with Gasteiger partial charge in [0.2, 0.25) is 5.91 Å². The van der Waals surface area contributed by atoms with Crippen LogP contribution in [-0.2, 0) is 9.59 Å². The quantitative estimate of drug-likeness (QED) is 0.739. The van der Waals surface area contributed by atoms with Crippen LogP contribution in [0.4, 0.5) is 0 Å². The molecule has 0 spiro atoms. The summed E-state index contributed by atoms with van der Waals surface area (Å²) in [5, 5.41) is 11.1. The van der Waals surface area contributed by atoms with Gasteiger partial charge in [-0.15, -0.1) is 0 Å². The van der Waals surface area contributed by atoms with Crippen LogP contribution in [0.25, 0.3) is 0 Å². The predicted octanol–water partition coefficient (Wildman–Crippen LogP) is 0.135. The molecule has 7 nitrogen and oxygen atoms in total. The summed E-state index contributed by atoms with van der Waals surface area (Å²) in [5.41, 5.74) is 0.209. The Morgan fingerprint density at radius 3 is 2.65 bits per heavy atom. The van der Waals surface area contributed by atoms with Crippen molar-refractivity contribution in [2.75, 3.05) is 19.6 Å². The topological polar surface area (TPSA) is 99.6 Å². The third kappa shape index (κ3) is 5.05. The van der Waals surface area contributed by atoms with E-state index in [2.05, 4.69) is 10.3 Å². The van der Waals surface area contributed by atoms with Crippen molar-refractivity contribution in [3.05, 3.63) is 30.1 Å². The van der Waals surface area contributed by atoms with Crippen LogP contribution in [0.5, 0.6) is 0 Å². The zero-order valence-electron chi connectivity index (χ0n) is 11.2. The molecule has 7 heteroatoms. The molecule has 0 atom stereocenters. The largest absolute Gasteiger partial charge is 0.480 e. The van der Waals surface area contributed by atoms with Gasteiger partial charge in [0.1, 0.15) is 12.2 Å². The van der Waals surface area contributed by atoms with Gasteiger partial charge in [0.25, 0.3) is 5.91 Å². The zero-order chi connectivity index (χ0) is 15.0. The molecule has 1 aromatic rings. The molecule has 0 saturated carbocycles. The summed E-state index contributed by atoms with van der Waals surface area (Å²) in [6.07, 6.45) is 2.12. The summed E-state index contributed by atoms with van der Waals surface area (Å²) >= 11 is 0. The number of amides is 2. The third-order valence-corrected chi connectivity index (χ3v) is 2.47. The van der Waals surface area contributed by atoms with E-state index in [4.69, 9.17) is 5.11 Å². The van der Waals surface area contributed by atoms with Gasteiger partial charge in [-0.25, -0.2) is 0 Å². The summed E-state index contributed by atoms with van der Waals surface area (Å²) in [5.74, 6) is -1.98. The molecule has 0 aliphatic rings. The lowest BCUT2D eigenvalue weighted by atomic mass is 10.3. The lowest BCUT2D eigenvalue weighted by Crippen LogP contribution is -2.43. The summed E-state index contributed by atoms with van der Waals surface area (Å²) in [6.45, 7) is 1.56. The number of carbonyl (C=O) groups excluding carboxylic acids is 2. The van der Waals surface area contributed by atoms with Crippen LogP contribution >= 0.6 is 0 Å². The number of nitrogens with zero attached hydrogens (tertiary/aromatic N) is 2. The van der Waals surface area contributed by atoms with E-state index < -0.39 is 17.8 Å². The summed E-state index contributed by atoms with van der Waals surface area (Å²) in [6, 6.07) is 4.87. The smallest absolute Gasteiger partial charge is 0.323 e. The predicted molar refractivity (Wildman–Crippen MR) is 71.1 cm³/mol. The highest BCUT2D eigenvalue weighted by Gasteiger charge is 2.17. The van der Waals surface area contributed by atoms with E-state index >= 15 is 0 Å². The molecule has 108 valence electrons. The minimum absolute atomic E-state index is 0.209. The fourth-order valence-corrected chi connectivity index (χ4v) is 1.58. The minimum Gasteiger partial charge on any atom is -0.480 e. The van der Waals surface area contributed by atoms with Crippen molar-refractivity contribution < 1.29 is 19.5 Å². The number of rotatable bonds is 7. The van der Waals surface area contributed by atoms with Crippen molar-refractivity contribution in [2.45, 2.75) is 13.3 Å². The van der Waals surface area contributed by atoms with Crippen molar-refractivity contribution in [2.24, 2.45) is 0 Å². The molecule has 0 aromatic carbocycles. The van der Waals surface area contributed by atoms with Crippen molar-refractivity contribution in [1.29, 1.82) is 0 Å². The van der Waals surface area contributed by atoms with Crippen molar-refractivity contribution in [3.63, 3.8) is 0 Å². The summed E-state index contributed by atoms with van der Waals surface area (Å²) in [7, 11) is 0. The highest BCUT2D eigenvalue weighted by Crippen LogP contribution is 1.95. The Bertz CT molecular complexity index is 476. The van der Waals surface area contributed by atoms with Gasteiger partial charge in [0.15, 0.2) is 0 Å². The van der Waals surface area contributed by atoms with E-state index in [0.29, 0.717) is 13.0 Å². The van der Waals surface area contributed by atoms with Gasteiger partial charge in [-0.3, -0.25) is 19.4 Å². The van der Waals surface area contributed by atoms with Gasteiger partial charge >= 0.3 is 5.97 Å². The number of carboxylic acids is 1. The molecule has 20 heavy (non-hydrogen) atoms. The van der Waals surface area contributed by atoms with Crippen LogP contribution in [-0.4, -0.2) is 52.4 Å². The minimum atomic E-state index is -1.08. The molecular weight excluding hydrogens is 262 g/mol. The first-order chi connectivity index (χ1) is 9.54. The Hall–Kier alpha value is -2.44. The Kier molecular flexibility index (Phi) is 6.15. The number of aromatic nitrogens is 1. The normalized spacial score (nSPS) is 9.85. The first-order valence-corrected chi connectivity index (χ1v) is 6.23. The number of nitrogens with one attached hydrogen (secondary N) is 1. The number of hydrogen-bond donors (Lipinski definition) is 2. The second-order valence-electron chi connectivity index (χ2n) is 4.11. The molecule has 0 radical (unpaired) electrons. The van der Waals surface area contributed by atoms with Crippen LogP contribution in [0.3, 0.4) is 0 Å². The zero-order valence-corrected chi connectivity index (χ0v) is 11.2. The van der Waals surface area contributed by atoms with E-state index in [-0.39, 0.29) is 18.8 Å². The molecule has 2 amide bonds. The Labute approximate surface area is 116 Å². The Morgan fingerprint density at radius 1 is 1.35 bits per heavy atom. The highest BCUT2D eigenvalue weighted by molar-refractivity contribution is 5.95. The van der Waals surface area contributed by atoms with Gasteiger partial charge in [0.05, 0.1) is 6.54 Å². The van der Waals surface area contributed by atoms with Crippen molar-refractivity contribution >= 4 is 17.8 Å². The second-order valence-corrected chi connectivity index (χ2v) is 4.11. The van der Waals surface area contributed by atoms with Gasteiger partial charge in [0, 0.05) is 12.7 Å². The number of carbonyl (C=O) groups is 3. The van der Waals surface area contributed by atoms with Crippen LogP contribution in [0.15, 0.2) is 24.4 Å². The van der Waals surface area contributed by atoms with Crippen LogP contribution in [0.1, 0.15) is 23.8 Å². The Morgan fingerprint density at radius 2 is 2.10 bits per heavy atom. The first kappa shape index (κ1) is 15.6. The van der Waals surface area contributed by atoms with E-state index in [9.17, 15) is 14.4 Å². The molecule has 0 unspecified atom stereocenters. The van der Waals surface area contributed by atoms with Crippen LogP contribution in [0, 0.1) is 0 Å². The van der Waals surface area contributed by atoms with E-state index in [1.165, 1.54) is 17.2 Å². The monoisotopic (exact) mass is 279 g/mol. The maximum absolute atomic E-state index is 11.8. The number of carboxylic acid groups (broad SMARTS) is 1. The molecule has 1 aromatic heterocycles. The number of hydrogen-bond acceptors (Lipinski definition) is 4. The van der Waals surface area contributed by atoms with Crippen LogP contribution < -0.4 is 5.32 Å². The number of aliphatic carboxylic acids is 1. The van der Waals surface area contributed by atoms with Gasteiger partial charge in [-0.1, -0.05) is 13.0 Å². The fourth-order valence-electron chi connectivity index (χ4n) is 1.58. The number of pyridine rings is 1. The summed E-state index contributed by atoms with van der Waals surface area (Å²) < 4.78 is 0. The second kappa shape index (κ2) is 7.88. The standard InChI is InChI=1S/C13H17N3O4/c1-2-7-16(9-12(18)19)11(17)8-15-13(20)10-5-3-4-6-14-10/h3-6H,2,7-9H2,1H3,(H,15,20)(H,18,19). The third-order valence-electron chi connectivity index (χ3n) is 2.47. The van der Waals surface area contributed by atoms with Gasteiger partial charge in [-0.05, 0) is 18.6 Å². The molecular formula is C13H17N3O4. The molecule has 0 aliphatic carbocycles. The van der Waals surface area contributed by atoms with Crippen molar-refractivity contribution in [1.82, 2.24) is 15.2 Å². The summed E-state index contributed by atoms with van der Waals surface area (Å²) in [4.78, 5) is 39.2. The van der Waals surface area contributed by atoms with Gasteiger partial charge in [-0.2, -0.15) is 0 Å².